The van der Waals surface area contributed by atoms with Crippen LogP contribution in [0.15, 0.2) is 30.6 Å². The van der Waals surface area contributed by atoms with Gasteiger partial charge in [-0.15, -0.1) is 0 Å². The van der Waals surface area contributed by atoms with E-state index in [0.29, 0.717) is 18.1 Å². The van der Waals surface area contributed by atoms with Gasteiger partial charge in [0.05, 0.1) is 13.2 Å². The van der Waals surface area contributed by atoms with Gasteiger partial charge >= 0.3 is 0 Å². The molecule has 1 heterocycles. The summed E-state index contributed by atoms with van der Waals surface area (Å²) in [4.78, 5) is 4.26. The van der Waals surface area contributed by atoms with Gasteiger partial charge in [0.15, 0.2) is 11.5 Å². The highest BCUT2D eigenvalue weighted by Crippen LogP contribution is 2.30. The fraction of sp³-hybridized carbons (Fsp3) is 0.400. The fourth-order valence-electron chi connectivity index (χ4n) is 1.97. The maximum Gasteiger partial charge on any atom is 0.161 e. The Labute approximate surface area is 118 Å². The normalized spacial score (nSPS) is 12.2. The van der Waals surface area contributed by atoms with Gasteiger partial charge in [0.25, 0.3) is 0 Å². The number of aromatic nitrogens is 2. The summed E-state index contributed by atoms with van der Waals surface area (Å²) in [5.74, 6) is 2.12. The summed E-state index contributed by atoms with van der Waals surface area (Å²) >= 11 is 0. The molecule has 0 aliphatic heterocycles. The van der Waals surface area contributed by atoms with E-state index in [4.69, 9.17) is 9.47 Å². The molecule has 1 N–H and O–H groups in total. The molecule has 1 unspecified atom stereocenters. The van der Waals surface area contributed by atoms with Crippen molar-refractivity contribution in [3.63, 3.8) is 0 Å². The second-order valence-corrected chi connectivity index (χ2v) is 4.50. The molecule has 2 rings (SSSR count). The van der Waals surface area contributed by atoms with E-state index in [1.165, 1.54) is 0 Å². The predicted octanol–water partition coefficient (Wildman–Crippen LogP) is 2.54. The van der Waals surface area contributed by atoms with Crippen LogP contribution < -0.4 is 9.47 Å². The maximum atomic E-state index is 9.57. The number of hydrogen-bond donors (Lipinski definition) is 1. The molecule has 0 aliphatic rings. The van der Waals surface area contributed by atoms with Crippen molar-refractivity contribution < 1.29 is 14.6 Å². The minimum absolute atomic E-state index is 0.380. The number of benzene rings is 1. The molecule has 0 bridgehead atoms. The van der Waals surface area contributed by atoms with Gasteiger partial charge in [-0.05, 0) is 31.5 Å². The Hall–Kier alpha value is -2.01. The van der Waals surface area contributed by atoms with Crippen LogP contribution in [-0.2, 0) is 13.2 Å². The van der Waals surface area contributed by atoms with E-state index >= 15 is 0 Å². The fourth-order valence-corrected chi connectivity index (χ4v) is 1.97. The second kappa shape index (κ2) is 6.43. The highest BCUT2D eigenvalue weighted by molar-refractivity contribution is 5.43. The van der Waals surface area contributed by atoms with E-state index in [2.05, 4.69) is 11.9 Å². The molecule has 2 aromatic rings. The number of imidazole rings is 1. The van der Waals surface area contributed by atoms with Crippen LogP contribution in [-0.4, -0.2) is 21.8 Å². The first-order chi connectivity index (χ1) is 9.65. The van der Waals surface area contributed by atoms with Crippen molar-refractivity contribution in [2.75, 3.05) is 7.11 Å². The SMILES string of the molecule is CCn1ccnc1COc1ccc(C(C)O)cc1OC. The average Bonchev–Trinajstić information content (AvgIpc) is 2.92. The van der Waals surface area contributed by atoms with Gasteiger partial charge in [-0.3, -0.25) is 0 Å². The zero-order valence-corrected chi connectivity index (χ0v) is 12.0. The summed E-state index contributed by atoms with van der Waals surface area (Å²) in [6.45, 7) is 5.01. The summed E-state index contributed by atoms with van der Waals surface area (Å²) in [5.41, 5.74) is 0.796. The molecule has 1 aromatic carbocycles. The molecule has 108 valence electrons. The summed E-state index contributed by atoms with van der Waals surface area (Å²) in [7, 11) is 1.58. The van der Waals surface area contributed by atoms with E-state index in [1.807, 2.05) is 16.8 Å². The number of nitrogens with zero attached hydrogens (tertiary/aromatic N) is 2. The quantitative estimate of drug-likeness (QED) is 0.881. The van der Waals surface area contributed by atoms with Crippen LogP contribution in [0.5, 0.6) is 11.5 Å². The zero-order valence-electron chi connectivity index (χ0n) is 12.0. The number of rotatable bonds is 6. The van der Waals surface area contributed by atoms with E-state index in [9.17, 15) is 5.11 Å². The molecular weight excluding hydrogens is 256 g/mol. The highest BCUT2D eigenvalue weighted by atomic mass is 16.5. The largest absolute Gasteiger partial charge is 0.493 e. The molecule has 20 heavy (non-hydrogen) atoms. The molecule has 0 radical (unpaired) electrons. The van der Waals surface area contributed by atoms with Crippen molar-refractivity contribution >= 4 is 0 Å². The molecule has 1 aromatic heterocycles. The van der Waals surface area contributed by atoms with Crippen LogP contribution in [0, 0.1) is 0 Å². The van der Waals surface area contributed by atoms with Crippen molar-refractivity contribution in [2.45, 2.75) is 33.1 Å². The van der Waals surface area contributed by atoms with Crippen LogP contribution in [0.25, 0.3) is 0 Å². The van der Waals surface area contributed by atoms with Gasteiger partial charge in [-0.1, -0.05) is 6.07 Å². The number of ether oxygens (including phenoxy) is 2. The predicted molar refractivity (Wildman–Crippen MR) is 75.9 cm³/mol. The lowest BCUT2D eigenvalue weighted by Crippen LogP contribution is -2.06. The summed E-state index contributed by atoms with van der Waals surface area (Å²) in [5, 5.41) is 9.57. The Bertz CT molecular complexity index is 564. The third-order valence-corrected chi connectivity index (χ3v) is 3.17. The van der Waals surface area contributed by atoms with Gasteiger partial charge in [-0.25, -0.2) is 4.98 Å². The number of aliphatic hydroxyl groups excluding tert-OH is 1. The minimum atomic E-state index is -0.531. The Morgan fingerprint density at radius 2 is 2.15 bits per heavy atom. The topological polar surface area (TPSA) is 56.5 Å². The molecule has 0 aliphatic carbocycles. The van der Waals surface area contributed by atoms with E-state index in [-0.39, 0.29) is 0 Å². The van der Waals surface area contributed by atoms with Crippen molar-refractivity contribution in [1.29, 1.82) is 0 Å². The zero-order chi connectivity index (χ0) is 14.5. The van der Waals surface area contributed by atoms with Crippen LogP contribution in [0.3, 0.4) is 0 Å². The summed E-state index contributed by atoms with van der Waals surface area (Å²) in [6, 6.07) is 5.42. The first-order valence-electron chi connectivity index (χ1n) is 6.64. The molecule has 0 saturated heterocycles. The number of hydrogen-bond acceptors (Lipinski definition) is 4. The van der Waals surface area contributed by atoms with Gasteiger partial charge in [-0.2, -0.15) is 0 Å². The van der Waals surface area contributed by atoms with Gasteiger partial charge < -0.3 is 19.1 Å². The molecule has 5 heteroatoms. The molecule has 0 fully saturated rings. The molecular formula is C15H20N2O3. The van der Waals surface area contributed by atoms with Gasteiger partial charge in [0.1, 0.15) is 12.4 Å². The second-order valence-electron chi connectivity index (χ2n) is 4.50. The van der Waals surface area contributed by atoms with E-state index in [0.717, 1.165) is 17.9 Å². The smallest absolute Gasteiger partial charge is 0.161 e. The first kappa shape index (κ1) is 14.4. The Morgan fingerprint density at radius 3 is 2.80 bits per heavy atom. The molecule has 0 spiro atoms. The van der Waals surface area contributed by atoms with Crippen molar-refractivity contribution in [3.8, 4) is 11.5 Å². The van der Waals surface area contributed by atoms with Gasteiger partial charge in [0, 0.05) is 18.9 Å². The first-order valence-corrected chi connectivity index (χ1v) is 6.64. The Kier molecular flexibility index (Phi) is 4.63. The lowest BCUT2D eigenvalue weighted by molar-refractivity contribution is 0.198. The highest BCUT2D eigenvalue weighted by Gasteiger charge is 2.10. The van der Waals surface area contributed by atoms with E-state index < -0.39 is 6.10 Å². The van der Waals surface area contributed by atoms with E-state index in [1.54, 1.807) is 32.4 Å². The summed E-state index contributed by atoms with van der Waals surface area (Å²) < 4.78 is 13.1. The molecule has 5 nitrogen and oxygen atoms in total. The lowest BCUT2D eigenvalue weighted by Gasteiger charge is -2.13. The number of methoxy groups -OCH3 is 1. The molecule has 0 amide bonds. The molecule has 1 atom stereocenters. The van der Waals surface area contributed by atoms with Crippen LogP contribution in [0.2, 0.25) is 0 Å². The minimum Gasteiger partial charge on any atom is -0.493 e. The number of aliphatic hydroxyl groups is 1. The van der Waals surface area contributed by atoms with Crippen molar-refractivity contribution in [3.05, 3.63) is 42.0 Å². The van der Waals surface area contributed by atoms with Crippen LogP contribution >= 0.6 is 0 Å². The van der Waals surface area contributed by atoms with Crippen molar-refractivity contribution in [2.24, 2.45) is 0 Å². The summed E-state index contributed by atoms with van der Waals surface area (Å²) in [6.07, 6.45) is 3.15. The molecule has 0 saturated carbocycles. The van der Waals surface area contributed by atoms with Crippen LogP contribution in [0.4, 0.5) is 0 Å². The van der Waals surface area contributed by atoms with Crippen molar-refractivity contribution in [1.82, 2.24) is 9.55 Å². The van der Waals surface area contributed by atoms with Gasteiger partial charge in [0.2, 0.25) is 0 Å². The Morgan fingerprint density at radius 1 is 1.35 bits per heavy atom. The number of aryl methyl sites for hydroxylation is 1. The lowest BCUT2D eigenvalue weighted by atomic mass is 10.1. The van der Waals surface area contributed by atoms with Crippen LogP contribution in [0.1, 0.15) is 31.3 Å². The average molecular weight is 276 g/mol. The maximum absolute atomic E-state index is 9.57. The Balaban J connectivity index is 2.13. The monoisotopic (exact) mass is 276 g/mol. The standard InChI is InChI=1S/C15H20N2O3/c1-4-17-8-7-16-15(17)10-20-13-6-5-12(11(2)18)9-14(13)19-3/h5-9,11,18H,4,10H2,1-3H3. The third kappa shape index (κ3) is 3.11. The third-order valence-electron chi connectivity index (χ3n) is 3.17.